The van der Waals surface area contributed by atoms with Crippen LogP contribution in [0.2, 0.25) is 0 Å². The topological polar surface area (TPSA) is 77.8 Å². The van der Waals surface area contributed by atoms with Crippen molar-refractivity contribution < 1.29 is 20.1 Å². The van der Waals surface area contributed by atoms with Gasteiger partial charge in [-0.05, 0) is 0 Å². The number of rotatable bonds is 3. The summed E-state index contributed by atoms with van der Waals surface area (Å²) in [6, 6.07) is 0. The standard InChI is InChI=1S/C4H7O4/c5-3-1-2-4(6,7)8/h6-8H,1-2H2. The first-order valence-electron chi connectivity index (χ1n) is 2.08. The zero-order valence-electron chi connectivity index (χ0n) is 4.16. The number of hydrogen-bond donors (Lipinski definition) is 3. The predicted molar refractivity (Wildman–Crippen MR) is 24.3 cm³/mol. The van der Waals surface area contributed by atoms with Gasteiger partial charge in [-0.15, -0.1) is 0 Å². The summed E-state index contributed by atoms with van der Waals surface area (Å²) in [7, 11) is 0. The Hall–Kier alpha value is -0.450. The predicted octanol–water partition coefficient (Wildman–Crippen LogP) is -1.49. The van der Waals surface area contributed by atoms with Crippen LogP contribution in [0.25, 0.3) is 0 Å². The van der Waals surface area contributed by atoms with Crippen LogP contribution in [0.5, 0.6) is 0 Å². The first-order chi connectivity index (χ1) is 3.56. The van der Waals surface area contributed by atoms with Crippen LogP contribution in [-0.2, 0) is 4.79 Å². The molecule has 0 atom stereocenters. The van der Waals surface area contributed by atoms with Gasteiger partial charge in [0.25, 0.3) is 5.97 Å². The van der Waals surface area contributed by atoms with Crippen LogP contribution < -0.4 is 0 Å². The van der Waals surface area contributed by atoms with Gasteiger partial charge in [-0.1, -0.05) is 0 Å². The molecule has 0 aliphatic carbocycles. The highest BCUT2D eigenvalue weighted by atomic mass is 16.7. The summed E-state index contributed by atoms with van der Waals surface area (Å²) < 4.78 is 0. The highest BCUT2D eigenvalue weighted by Crippen LogP contribution is 2.00. The molecule has 0 spiro atoms. The normalized spacial score (nSPS) is 11.4. The maximum absolute atomic E-state index is 9.39. The van der Waals surface area contributed by atoms with Gasteiger partial charge in [0.1, 0.15) is 0 Å². The Kier molecular flexibility index (Phi) is 2.60. The van der Waals surface area contributed by atoms with E-state index in [4.69, 9.17) is 15.3 Å². The molecular formula is C4H7O4. The van der Waals surface area contributed by atoms with Gasteiger partial charge in [-0.25, -0.2) is 0 Å². The molecule has 0 aromatic heterocycles. The van der Waals surface area contributed by atoms with Gasteiger partial charge in [-0.3, -0.25) is 4.79 Å². The lowest BCUT2D eigenvalue weighted by atomic mass is 10.3. The minimum absolute atomic E-state index is 0.177. The molecule has 1 radical (unpaired) electrons. The molecule has 0 rings (SSSR count). The molecule has 47 valence electrons. The fourth-order valence-electron chi connectivity index (χ4n) is 0.219. The van der Waals surface area contributed by atoms with Gasteiger partial charge in [0.2, 0.25) is 0 Å². The maximum Gasteiger partial charge on any atom is 0.275 e. The van der Waals surface area contributed by atoms with E-state index >= 15 is 0 Å². The first kappa shape index (κ1) is 7.55. The molecule has 0 aliphatic rings. The van der Waals surface area contributed by atoms with E-state index in [0.717, 1.165) is 0 Å². The van der Waals surface area contributed by atoms with Crippen LogP contribution in [0.3, 0.4) is 0 Å². The fraction of sp³-hybridized carbons (Fsp3) is 0.750. The van der Waals surface area contributed by atoms with Crippen molar-refractivity contribution in [3.05, 3.63) is 0 Å². The summed E-state index contributed by atoms with van der Waals surface area (Å²) in [5, 5.41) is 24.2. The van der Waals surface area contributed by atoms with Crippen molar-refractivity contribution in [1.82, 2.24) is 0 Å². The third-order valence-electron chi connectivity index (χ3n) is 0.562. The molecule has 4 heteroatoms. The van der Waals surface area contributed by atoms with Gasteiger partial charge in [0.15, 0.2) is 6.29 Å². The minimum atomic E-state index is -2.71. The van der Waals surface area contributed by atoms with Crippen molar-refractivity contribution in [3.63, 3.8) is 0 Å². The van der Waals surface area contributed by atoms with Crippen molar-refractivity contribution in [2.45, 2.75) is 18.8 Å². The van der Waals surface area contributed by atoms with Gasteiger partial charge in [0.05, 0.1) is 0 Å². The largest absolute Gasteiger partial charge is 0.344 e. The number of aliphatic hydroxyl groups is 3. The summed E-state index contributed by atoms with van der Waals surface area (Å²) in [4.78, 5) is 9.39. The highest BCUT2D eigenvalue weighted by Gasteiger charge is 2.16. The van der Waals surface area contributed by atoms with E-state index in [2.05, 4.69) is 0 Å². The third-order valence-corrected chi connectivity index (χ3v) is 0.562. The second-order valence-electron chi connectivity index (χ2n) is 1.42. The van der Waals surface area contributed by atoms with Crippen LogP contribution >= 0.6 is 0 Å². The molecule has 0 bridgehead atoms. The molecule has 0 amide bonds. The third kappa shape index (κ3) is 5.55. The van der Waals surface area contributed by atoms with E-state index in [1.807, 2.05) is 0 Å². The Bertz CT molecular complexity index is 72.6. The lowest BCUT2D eigenvalue weighted by Gasteiger charge is -2.09. The zero-order valence-corrected chi connectivity index (χ0v) is 4.16. The van der Waals surface area contributed by atoms with Crippen LogP contribution in [-0.4, -0.2) is 27.6 Å². The monoisotopic (exact) mass is 119 g/mol. The van der Waals surface area contributed by atoms with E-state index in [0.29, 0.717) is 0 Å². The summed E-state index contributed by atoms with van der Waals surface area (Å²) in [6.45, 7) is 0. The minimum Gasteiger partial charge on any atom is -0.344 e. The average Bonchev–Trinajstić information content (AvgIpc) is 1.59. The second kappa shape index (κ2) is 2.76. The lowest BCUT2D eigenvalue weighted by molar-refractivity contribution is -0.313. The van der Waals surface area contributed by atoms with E-state index < -0.39 is 12.4 Å². The summed E-state index contributed by atoms with van der Waals surface area (Å²) in [6.07, 6.45) is 0.825. The molecule has 0 fully saturated rings. The van der Waals surface area contributed by atoms with Crippen molar-refractivity contribution in [1.29, 1.82) is 0 Å². The van der Waals surface area contributed by atoms with Crippen molar-refractivity contribution >= 4 is 6.29 Å². The summed E-state index contributed by atoms with van der Waals surface area (Å²) in [5.74, 6) is -2.71. The van der Waals surface area contributed by atoms with Crippen LogP contribution in [0.4, 0.5) is 0 Å². The fourth-order valence-corrected chi connectivity index (χ4v) is 0.219. The van der Waals surface area contributed by atoms with Crippen LogP contribution in [0, 0.1) is 0 Å². The Morgan fingerprint density at radius 2 is 1.88 bits per heavy atom. The molecule has 0 unspecified atom stereocenters. The molecule has 8 heavy (non-hydrogen) atoms. The van der Waals surface area contributed by atoms with E-state index in [1.54, 1.807) is 0 Å². The molecule has 0 saturated heterocycles. The Balaban J connectivity index is 3.24. The molecular weight excluding hydrogens is 112 g/mol. The van der Waals surface area contributed by atoms with Crippen molar-refractivity contribution in [2.24, 2.45) is 0 Å². The zero-order chi connectivity index (χ0) is 6.62. The van der Waals surface area contributed by atoms with E-state index in [9.17, 15) is 4.79 Å². The second-order valence-corrected chi connectivity index (χ2v) is 1.42. The highest BCUT2D eigenvalue weighted by molar-refractivity contribution is 5.50. The van der Waals surface area contributed by atoms with E-state index in [-0.39, 0.29) is 6.42 Å². The van der Waals surface area contributed by atoms with Crippen molar-refractivity contribution in [3.8, 4) is 0 Å². The average molecular weight is 119 g/mol. The van der Waals surface area contributed by atoms with Gasteiger partial charge in [0, 0.05) is 12.8 Å². The molecule has 0 aromatic carbocycles. The van der Waals surface area contributed by atoms with Gasteiger partial charge in [-0.2, -0.15) is 0 Å². The smallest absolute Gasteiger partial charge is 0.275 e. The van der Waals surface area contributed by atoms with Crippen LogP contribution in [0.15, 0.2) is 0 Å². The van der Waals surface area contributed by atoms with Gasteiger partial charge >= 0.3 is 0 Å². The summed E-state index contributed by atoms with van der Waals surface area (Å²) in [5.41, 5.74) is 0. The van der Waals surface area contributed by atoms with Gasteiger partial charge < -0.3 is 15.3 Å². The molecule has 0 aliphatic heterocycles. The Morgan fingerprint density at radius 1 is 1.38 bits per heavy atom. The SMILES string of the molecule is O=[C]CCC(O)(O)O. The first-order valence-corrected chi connectivity index (χ1v) is 2.08. The Morgan fingerprint density at radius 3 is 2.00 bits per heavy atom. The molecule has 3 N–H and O–H groups in total. The number of hydrogen-bond acceptors (Lipinski definition) is 4. The molecule has 4 nitrogen and oxygen atoms in total. The van der Waals surface area contributed by atoms with Crippen molar-refractivity contribution in [2.75, 3.05) is 0 Å². The molecule has 0 saturated carbocycles. The quantitative estimate of drug-likeness (QED) is 0.395. The van der Waals surface area contributed by atoms with E-state index in [1.165, 1.54) is 6.29 Å². The Labute approximate surface area is 46.4 Å². The summed E-state index contributed by atoms with van der Waals surface area (Å²) >= 11 is 0. The van der Waals surface area contributed by atoms with Crippen LogP contribution in [0.1, 0.15) is 12.8 Å². The number of carbonyl (C=O) groups excluding carboxylic acids is 1. The lowest BCUT2D eigenvalue weighted by Crippen LogP contribution is -2.26. The molecule has 0 heterocycles. The maximum atomic E-state index is 9.39. The molecule has 0 aromatic rings.